The molecule has 2 heterocycles. The maximum atomic E-state index is 12.2. The van der Waals surface area contributed by atoms with Crippen LogP contribution in [0.5, 0.6) is 5.75 Å². The number of anilines is 1. The normalized spacial score (nSPS) is 19.2. The molecule has 0 radical (unpaired) electrons. The van der Waals surface area contributed by atoms with Gasteiger partial charge in [-0.3, -0.25) is 9.69 Å². The second kappa shape index (κ2) is 5.86. The van der Waals surface area contributed by atoms with Gasteiger partial charge in [0.1, 0.15) is 12.3 Å². The highest BCUT2D eigenvalue weighted by atomic mass is 79.9. The van der Waals surface area contributed by atoms with Crippen LogP contribution in [0.1, 0.15) is 37.4 Å². The number of hydrogen-bond acceptors (Lipinski definition) is 6. The SMILES string of the molecule is NC1(c2noc(CN3C(=O)COc4cc(Br)ccc43)n2)CCCC1. The highest BCUT2D eigenvalue weighted by Crippen LogP contribution is 2.36. The second-order valence-electron chi connectivity index (χ2n) is 6.26. The minimum Gasteiger partial charge on any atom is -0.482 e. The third kappa shape index (κ3) is 2.69. The number of amides is 1. The van der Waals surface area contributed by atoms with E-state index < -0.39 is 5.54 Å². The lowest BCUT2D eigenvalue weighted by Crippen LogP contribution is -2.38. The van der Waals surface area contributed by atoms with Crippen molar-refractivity contribution < 1.29 is 14.1 Å². The van der Waals surface area contributed by atoms with Gasteiger partial charge in [0.15, 0.2) is 12.4 Å². The van der Waals surface area contributed by atoms with Crippen LogP contribution in [-0.4, -0.2) is 22.7 Å². The van der Waals surface area contributed by atoms with Crippen molar-refractivity contribution >= 4 is 27.5 Å². The zero-order chi connectivity index (χ0) is 16.7. The molecule has 0 unspecified atom stereocenters. The molecule has 0 saturated heterocycles. The number of benzene rings is 1. The van der Waals surface area contributed by atoms with E-state index in [0.29, 0.717) is 23.2 Å². The van der Waals surface area contributed by atoms with Crippen LogP contribution in [0.4, 0.5) is 5.69 Å². The predicted octanol–water partition coefficient (Wildman–Crippen LogP) is 2.49. The van der Waals surface area contributed by atoms with E-state index in [-0.39, 0.29) is 19.1 Å². The maximum absolute atomic E-state index is 12.2. The topological polar surface area (TPSA) is 94.5 Å². The summed E-state index contributed by atoms with van der Waals surface area (Å²) in [6.45, 7) is 0.200. The number of fused-ring (bicyclic) bond motifs is 1. The fraction of sp³-hybridized carbons (Fsp3) is 0.438. The molecule has 0 bridgehead atoms. The number of hydrogen-bond donors (Lipinski definition) is 1. The standard InChI is InChI=1S/C16H17BrN4O3/c17-10-3-4-11-12(7-10)23-9-14(22)21(11)8-13-19-15(20-24-13)16(18)5-1-2-6-16/h3-4,7H,1-2,5-6,8-9,18H2. The first-order valence-corrected chi connectivity index (χ1v) is 8.69. The number of carbonyl (C=O) groups excluding carboxylic acids is 1. The summed E-state index contributed by atoms with van der Waals surface area (Å²) in [6.07, 6.45) is 3.87. The Morgan fingerprint density at radius 2 is 2.12 bits per heavy atom. The van der Waals surface area contributed by atoms with E-state index in [4.69, 9.17) is 15.0 Å². The van der Waals surface area contributed by atoms with E-state index in [1.165, 1.54) is 0 Å². The maximum Gasteiger partial charge on any atom is 0.265 e. The highest BCUT2D eigenvalue weighted by molar-refractivity contribution is 9.10. The van der Waals surface area contributed by atoms with Crippen molar-refractivity contribution in [1.82, 2.24) is 10.1 Å². The Labute approximate surface area is 147 Å². The molecule has 1 aliphatic heterocycles. The van der Waals surface area contributed by atoms with Crippen molar-refractivity contribution in [3.8, 4) is 5.75 Å². The number of halogens is 1. The monoisotopic (exact) mass is 392 g/mol. The lowest BCUT2D eigenvalue weighted by atomic mass is 9.99. The van der Waals surface area contributed by atoms with Gasteiger partial charge in [0, 0.05) is 4.47 Å². The van der Waals surface area contributed by atoms with Gasteiger partial charge in [0.2, 0.25) is 5.89 Å². The molecule has 126 valence electrons. The molecule has 1 amide bonds. The van der Waals surface area contributed by atoms with Gasteiger partial charge in [-0.05, 0) is 31.0 Å². The molecule has 1 aliphatic carbocycles. The van der Waals surface area contributed by atoms with Crippen molar-refractivity contribution in [1.29, 1.82) is 0 Å². The Bertz CT molecular complexity index is 785. The lowest BCUT2D eigenvalue weighted by molar-refractivity contribution is -0.121. The van der Waals surface area contributed by atoms with Crippen molar-refractivity contribution in [2.45, 2.75) is 37.8 Å². The van der Waals surface area contributed by atoms with E-state index in [1.807, 2.05) is 18.2 Å². The molecule has 0 spiro atoms. The first-order chi connectivity index (χ1) is 11.5. The second-order valence-corrected chi connectivity index (χ2v) is 7.17. The summed E-state index contributed by atoms with van der Waals surface area (Å²) in [7, 11) is 0. The summed E-state index contributed by atoms with van der Waals surface area (Å²) >= 11 is 3.40. The molecule has 1 saturated carbocycles. The molecule has 1 aromatic carbocycles. The number of nitrogens with two attached hydrogens (primary N) is 1. The minimum absolute atomic E-state index is 0.00866. The average Bonchev–Trinajstić information content (AvgIpc) is 3.20. The zero-order valence-corrected chi connectivity index (χ0v) is 14.6. The summed E-state index contributed by atoms with van der Waals surface area (Å²) in [4.78, 5) is 18.3. The van der Waals surface area contributed by atoms with Crippen molar-refractivity contribution in [3.05, 3.63) is 34.4 Å². The Balaban J connectivity index is 1.60. The van der Waals surface area contributed by atoms with E-state index in [0.717, 1.165) is 30.2 Å². The van der Waals surface area contributed by atoms with Crippen molar-refractivity contribution in [2.75, 3.05) is 11.5 Å². The van der Waals surface area contributed by atoms with Gasteiger partial charge in [-0.25, -0.2) is 0 Å². The van der Waals surface area contributed by atoms with E-state index in [2.05, 4.69) is 26.1 Å². The number of rotatable bonds is 3. The Morgan fingerprint density at radius 3 is 2.92 bits per heavy atom. The Kier molecular flexibility index (Phi) is 3.80. The number of carbonyl (C=O) groups is 1. The van der Waals surface area contributed by atoms with Gasteiger partial charge in [0.05, 0.1) is 11.2 Å². The lowest BCUT2D eigenvalue weighted by Gasteiger charge is -2.28. The Hall–Kier alpha value is -1.93. The number of nitrogens with zero attached hydrogens (tertiary/aromatic N) is 3. The molecule has 0 atom stereocenters. The molecule has 4 rings (SSSR count). The van der Waals surface area contributed by atoms with Crippen LogP contribution in [0.3, 0.4) is 0 Å². The number of ether oxygens (including phenoxy) is 1. The van der Waals surface area contributed by atoms with Gasteiger partial charge in [0.25, 0.3) is 5.91 Å². The fourth-order valence-corrected chi connectivity index (χ4v) is 3.58. The summed E-state index contributed by atoms with van der Waals surface area (Å²) in [5, 5.41) is 4.04. The van der Waals surface area contributed by atoms with Gasteiger partial charge < -0.3 is 15.0 Å². The van der Waals surface area contributed by atoms with Crippen LogP contribution in [0, 0.1) is 0 Å². The van der Waals surface area contributed by atoms with Crippen LogP contribution in [-0.2, 0) is 16.9 Å². The molecule has 2 aliphatic rings. The molecule has 1 aromatic heterocycles. The van der Waals surface area contributed by atoms with Gasteiger partial charge in [-0.1, -0.05) is 33.9 Å². The van der Waals surface area contributed by atoms with E-state index >= 15 is 0 Å². The zero-order valence-electron chi connectivity index (χ0n) is 13.0. The minimum atomic E-state index is -0.500. The summed E-state index contributed by atoms with van der Waals surface area (Å²) in [5.74, 6) is 1.42. The molecule has 2 aromatic rings. The average molecular weight is 393 g/mol. The molecule has 7 nitrogen and oxygen atoms in total. The van der Waals surface area contributed by atoms with Crippen LogP contribution in [0.2, 0.25) is 0 Å². The summed E-state index contributed by atoms with van der Waals surface area (Å²) in [5.41, 5.74) is 6.55. The fourth-order valence-electron chi connectivity index (χ4n) is 3.24. The first-order valence-electron chi connectivity index (χ1n) is 7.90. The number of aromatic nitrogens is 2. The van der Waals surface area contributed by atoms with Crippen molar-refractivity contribution in [2.24, 2.45) is 5.73 Å². The van der Waals surface area contributed by atoms with E-state index in [1.54, 1.807) is 4.90 Å². The molecule has 2 N–H and O–H groups in total. The summed E-state index contributed by atoms with van der Waals surface area (Å²) < 4.78 is 11.7. The van der Waals surface area contributed by atoms with Crippen LogP contribution in [0.15, 0.2) is 27.2 Å². The third-order valence-electron chi connectivity index (χ3n) is 4.57. The smallest absolute Gasteiger partial charge is 0.265 e. The largest absolute Gasteiger partial charge is 0.482 e. The third-order valence-corrected chi connectivity index (χ3v) is 5.06. The van der Waals surface area contributed by atoms with Crippen LogP contribution >= 0.6 is 15.9 Å². The van der Waals surface area contributed by atoms with Gasteiger partial charge in [-0.15, -0.1) is 0 Å². The highest BCUT2D eigenvalue weighted by Gasteiger charge is 2.36. The molecular formula is C16H17BrN4O3. The van der Waals surface area contributed by atoms with Crippen LogP contribution in [0.25, 0.3) is 0 Å². The molecular weight excluding hydrogens is 376 g/mol. The van der Waals surface area contributed by atoms with E-state index in [9.17, 15) is 4.79 Å². The molecule has 1 fully saturated rings. The van der Waals surface area contributed by atoms with Crippen molar-refractivity contribution in [3.63, 3.8) is 0 Å². The van der Waals surface area contributed by atoms with Gasteiger partial charge >= 0.3 is 0 Å². The Morgan fingerprint density at radius 1 is 1.33 bits per heavy atom. The van der Waals surface area contributed by atoms with Crippen LogP contribution < -0.4 is 15.4 Å². The van der Waals surface area contributed by atoms with Gasteiger partial charge in [-0.2, -0.15) is 4.98 Å². The predicted molar refractivity (Wildman–Crippen MR) is 89.5 cm³/mol. The molecule has 8 heteroatoms. The molecule has 24 heavy (non-hydrogen) atoms. The first kappa shape index (κ1) is 15.6. The summed E-state index contributed by atoms with van der Waals surface area (Å²) in [6, 6.07) is 5.52. The quantitative estimate of drug-likeness (QED) is 0.861.